The second kappa shape index (κ2) is 5.42. The van der Waals surface area contributed by atoms with Gasteiger partial charge in [-0.25, -0.2) is 4.39 Å². The summed E-state index contributed by atoms with van der Waals surface area (Å²) >= 11 is 0. The minimum Gasteiger partial charge on any atom is -0.381 e. The number of benzene rings is 1. The zero-order valence-corrected chi connectivity index (χ0v) is 11.9. The second-order valence-corrected chi connectivity index (χ2v) is 5.44. The molecule has 22 heavy (non-hydrogen) atoms. The summed E-state index contributed by atoms with van der Waals surface area (Å²) in [5.74, 6) is -1.35. The molecule has 116 valence electrons. The Morgan fingerprint density at radius 2 is 2.14 bits per heavy atom. The summed E-state index contributed by atoms with van der Waals surface area (Å²) < 4.78 is 16.0. The fourth-order valence-electron chi connectivity index (χ4n) is 2.54. The normalized spacial score (nSPS) is 14.3. The molecule has 0 radical (unpaired) electrons. The van der Waals surface area contributed by atoms with Crippen molar-refractivity contribution < 1.29 is 9.18 Å². The predicted molar refractivity (Wildman–Crippen MR) is 82.5 cm³/mol. The molecule has 1 aliphatic rings. The van der Waals surface area contributed by atoms with E-state index in [-0.39, 0.29) is 17.0 Å². The molecule has 0 bridgehead atoms. The topological polar surface area (TPSA) is 103 Å². The number of pyridine rings is 1. The summed E-state index contributed by atoms with van der Waals surface area (Å²) in [4.78, 5) is 23.8. The minimum atomic E-state index is -0.799. The average molecular weight is 304 g/mol. The van der Waals surface area contributed by atoms with Gasteiger partial charge in [-0.15, -0.1) is 0 Å². The zero-order valence-electron chi connectivity index (χ0n) is 11.9. The van der Waals surface area contributed by atoms with E-state index in [9.17, 15) is 14.0 Å². The molecule has 1 heterocycles. The highest BCUT2D eigenvalue weighted by atomic mass is 19.1. The molecule has 0 spiro atoms. The van der Waals surface area contributed by atoms with Crippen molar-refractivity contribution >= 4 is 22.5 Å². The monoisotopic (exact) mass is 304 g/mol. The Labute approximate surface area is 125 Å². The van der Waals surface area contributed by atoms with Crippen molar-refractivity contribution in [1.29, 1.82) is 0 Å². The molecule has 7 heteroatoms. The first-order valence-corrected chi connectivity index (χ1v) is 7.15. The lowest BCUT2D eigenvalue weighted by molar-refractivity contribution is 0.0999. The van der Waals surface area contributed by atoms with Gasteiger partial charge in [0, 0.05) is 30.7 Å². The van der Waals surface area contributed by atoms with Crippen molar-refractivity contribution in [3.63, 3.8) is 0 Å². The van der Waals surface area contributed by atoms with Crippen LogP contribution in [-0.2, 0) is 0 Å². The Morgan fingerprint density at radius 1 is 1.41 bits per heavy atom. The first-order valence-electron chi connectivity index (χ1n) is 7.15. The summed E-state index contributed by atoms with van der Waals surface area (Å²) in [5, 5.41) is 3.06. The van der Waals surface area contributed by atoms with E-state index in [0.29, 0.717) is 24.3 Å². The molecule has 1 aromatic heterocycles. The third-order valence-corrected chi connectivity index (χ3v) is 3.79. The van der Waals surface area contributed by atoms with Crippen LogP contribution in [0.3, 0.4) is 0 Å². The summed E-state index contributed by atoms with van der Waals surface area (Å²) in [5.41, 5.74) is 10.9. The largest absolute Gasteiger partial charge is 0.381 e. The van der Waals surface area contributed by atoms with Crippen LogP contribution in [0.25, 0.3) is 10.9 Å². The lowest BCUT2D eigenvalue weighted by Gasteiger charge is -2.14. The van der Waals surface area contributed by atoms with Gasteiger partial charge >= 0.3 is 0 Å². The molecule has 0 atom stereocenters. The van der Waals surface area contributed by atoms with Crippen LogP contribution in [0.5, 0.6) is 0 Å². The van der Waals surface area contributed by atoms with Crippen molar-refractivity contribution in [2.75, 3.05) is 18.4 Å². The SMILES string of the molecule is NCCNc1cc2c(cc1F)c(=O)c(C(N)=O)cn2C1CC1. The van der Waals surface area contributed by atoms with E-state index in [0.717, 1.165) is 18.9 Å². The van der Waals surface area contributed by atoms with Gasteiger partial charge in [-0.1, -0.05) is 0 Å². The van der Waals surface area contributed by atoms with Crippen LogP contribution < -0.4 is 22.2 Å². The summed E-state index contributed by atoms with van der Waals surface area (Å²) in [6, 6.07) is 2.96. The standard InChI is InChI=1S/C15H17FN4O2/c16-11-5-9-13(6-12(11)19-4-3-17)20(8-1-2-8)7-10(14(9)21)15(18)22/h5-8,19H,1-4,17H2,(H2,18,22). The quantitative estimate of drug-likeness (QED) is 0.765. The molecule has 2 aromatic rings. The molecule has 0 unspecified atom stereocenters. The highest BCUT2D eigenvalue weighted by Gasteiger charge is 2.27. The fourth-order valence-corrected chi connectivity index (χ4v) is 2.54. The van der Waals surface area contributed by atoms with E-state index in [2.05, 4.69) is 5.32 Å². The van der Waals surface area contributed by atoms with Crippen LogP contribution in [0, 0.1) is 5.82 Å². The van der Waals surface area contributed by atoms with Crippen LogP contribution in [0.2, 0.25) is 0 Å². The summed E-state index contributed by atoms with van der Waals surface area (Å²) in [7, 11) is 0. The molecular weight excluding hydrogens is 287 g/mol. The minimum absolute atomic E-state index is 0.110. The number of amides is 1. The van der Waals surface area contributed by atoms with Crippen molar-refractivity contribution in [1.82, 2.24) is 4.57 Å². The van der Waals surface area contributed by atoms with Gasteiger partial charge < -0.3 is 21.4 Å². The van der Waals surface area contributed by atoms with Crippen LogP contribution in [0.4, 0.5) is 10.1 Å². The van der Waals surface area contributed by atoms with Crippen LogP contribution in [0.15, 0.2) is 23.1 Å². The molecule has 5 N–H and O–H groups in total. The molecule has 6 nitrogen and oxygen atoms in total. The van der Waals surface area contributed by atoms with E-state index < -0.39 is 17.2 Å². The summed E-state index contributed by atoms with van der Waals surface area (Å²) in [6.07, 6.45) is 3.40. The highest BCUT2D eigenvalue weighted by molar-refractivity contribution is 5.96. The molecule has 1 aliphatic carbocycles. The number of carbonyl (C=O) groups is 1. The maximum absolute atomic E-state index is 14.1. The van der Waals surface area contributed by atoms with Crippen molar-refractivity contribution in [2.45, 2.75) is 18.9 Å². The van der Waals surface area contributed by atoms with Gasteiger partial charge in [-0.05, 0) is 25.0 Å². The van der Waals surface area contributed by atoms with E-state index in [1.165, 1.54) is 6.20 Å². The smallest absolute Gasteiger partial charge is 0.254 e. The maximum atomic E-state index is 14.1. The number of rotatable bonds is 5. The molecule has 1 fully saturated rings. The van der Waals surface area contributed by atoms with Crippen LogP contribution in [-0.4, -0.2) is 23.6 Å². The second-order valence-electron chi connectivity index (χ2n) is 5.44. The number of hydrogen-bond donors (Lipinski definition) is 3. The molecule has 1 aromatic carbocycles. The number of fused-ring (bicyclic) bond motifs is 1. The fraction of sp³-hybridized carbons (Fsp3) is 0.333. The highest BCUT2D eigenvalue weighted by Crippen LogP contribution is 2.37. The lowest BCUT2D eigenvalue weighted by Crippen LogP contribution is -2.24. The predicted octanol–water partition coefficient (Wildman–Crippen LogP) is 0.945. The number of nitrogens with two attached hydrogens (primary N) is 2. The van der Waals surface area contributed by atoms with E-state index in [1.807, 2.05) is 4.57 Å². The number of carbonyl (C=O) groups excluding carboxylic acids is 1. The van der Waals surface area contributed by atoms with Gasteiger partial charge in [-0.3, -0.25) is 9.59 Å². The third kappa shape index (κ3) is 2.43. The number of hydrogen-bond acceptors (Lipinski definition) is 4. The first kappa shape index (κ1) is 14.5. The van der Waals surface area contributed by atoms with Gasteiger partial charge in [0.05, 0.1) is 11.2 Å². The Hall–Kier alpha value is -2.41. The van der Waals surface area contributed by atoms with E-state index in [1.54, 1.807) is 6.07 Å². The van der Waals surface area contributed by atoms with Gasteiger partial charge in [0.25, 0.3) is 5.91 Å². The van der Waals surface area contributed by atoms with Crippen molar-refractivity contribution in [3.05, 3.63) is 39.9 Å². The molecule has 1 saturated carbocycles. The molecular formula is C15H17FN4O2. The number of aromatic nitrogens is 1. The van der Waals surface area contributed by atoms with Crippen LogP contribution in [0.1, 0.15) is 29.2 Å². The zero-order chi connectivity index (χ0) is 15.9. The van der Waals surface area contributed by atoms with Gasteiger partial charge in [-0.2, -0.15) is 0 Å². The lowest BCUT2D eigenvalue weighted by atomic mass is 10.1. The maximum Gasteiger partial charge on any atom is 0.254 e. The molecule has 0 saturated heterocycles. The van der Waals surface area contributed by atoms with Gasteiger partial charge in [0.1, 0.15) is 11.4 Å². The number of nitrogens with one attached hydrogen (secondary N) is 1. The van der Waals surface area contributed by atoms with Crippen molar-refractivity contribution in [2.24, 2.45) is 11.5 Å². The molecule has 1 amide bonds. The van der Waals surface area contributed by atoms with E-state index in [4.69, 9.17) is 11.5 Å². The number of anilines is 1. The molecule has 3 rings (SSSR count). The average Bonchev–Trinajstić information content (AvgIpc) is 3.30. The Morgan fingerprint density at radius 3 is 2.73 bits per heavy atom. The van der Waals surface area contributed by atoms with Crippen molar-refractivity contribution in [3.8, 4) is 0 Å². The first-order chi connectivity index (χ1) is 10.5. The number of halogens is 1. The third-order valence-electron chi connectivity index (χ3n) is 3.79. The Kier molecular flexibility index (Phi) is 3.58. The Balaban J connectivity index is 2.27. The van der Waals surface area contributed by atoms with E-state index >= 15 is 0 Å². The number of nitrogens with zero attached hydrogens (tertiary/aromatic N) is 1. The molecule has 0 aliphatic heterocycles. The Bertz CT molecular complexity index is 811. The number of primary amides is 1. The van der Waals surface area contributed by atoms with Gasteiger partial charge in [0.15, 0.2) is 0 Å². The summed E-state index contributed by atoms with van der Waals surface area (Å²) in [6.45, 7) is 0.795. The van der Waals surface area contributed by atoms with Crippen LogP contribution >= 0.6 is 0 Å². The van der Waals surface area contributed by atoms with Gasteiger partial charge in [0.2, 0.25) is 5.43 Å².